The lowest BCUT2D eigenvalue weighted by Gasteiger charge is -2.23. The van der Waals surface area contributed by atoms with Crippen LogP contribution in [0.25, 0.3) is 0 Å². The minimum atomic E-state index is 0.337. The molecule has 1 aliphatic heterocycles. The van der Waals surface area contributed by atoms with Gasteiger partial charge in [-0.3, -0.25) is 0 Å². The summed E-state index contributed by atoms with van der Waals surface area (Å²) in [6.07, 6.45) is 2.66. The zero-order chi connectivity index (χ0) is 13.1. The molecule has 0 bridgehead atoms. The van der Waals surface area contributed by atoms with Crippen LogP contribution in [-0.2, 0) is 11.3 Å². The van der Waals surface area contributed by atoms with Crippen LogP contribution in [0.5, 0.6) is 0 Å². The summed E-state index contributed by atoms with van der Waals surface area (Å²) in [4.78, 5) is 8.17. The molecule has 0 radical (unpaired) electrons. The smallest absolute Gasteiger partial charge is 0.205 e. The molecule has 2 aromatic heterocycles. The number of rotatable bonds is 5. The highest BCUT2D eigenvalue weighted by Gasteiger charge is 2.21. The van der Waals surface area contributed by atoms with Gasteiger partial charge >= 0.3 is 0 Å². The first kappa shape index (κ1) is 13.0. The third-order valence-electron chi connectivity index (χ3n) is 3.16. The Hall–Kier alpha value is -0.980. The van der Waals surface area contributed by atoms with Crippen molar-refractivity contribution < 1.29 is 4.74 Å². The number of aromatic nitrogens is 2. The average Bonchev–Trinajstić information content (AvgIpc) is 3.09. The fourth-order valence-corrected chi connectivity index (χ4v) is 3.65. The largest absolute Gasteiger partial charge is 0.376 e. The number of hydrogen-bond acceptors (Lipinski definition) is 6. The van der Waals surface area contributed by atoms with Gasteiger partial charge in [-0.15, -0.1) is 11.3 Å². The minimum absolute atomic E-state index is 0.337. The quantitative estimate of drug-likeness (QED) is 0.849. The van der Waals surface area contributed by atoms with E-state index in [-0.39, 0.29) is 0 Å². The van der Waals surface area contributed by atoms with Gasteiger partial charge in [0.25, 0.3) is 0 Å². The number of nitrogens with zero attached hydrogens (tertiary/aromatic N) is 3. The van der Waals surface area contributed by atoms with Crippen LogP contribution in [0.2, 0.25) is 0 Å². The molecule has 19 heavy (non-hydrogen) atoms. The van der Waals surface area contributed by atoms with Crippen LogP contribution in [0.15, 0.2) is 17.5 Å². The van der Waals surface area contributed by atoms with E-state index in [9.17, 15) is 0 Å². The van der Waals surface area contributed by atoms with Crippen LogP contribution in [0, 0.1) is 6.92 Å². The van der Waals surface area contributed by atoms with Crippen molar-refractivity contribution in [3.05, 3.63) is 28.2 Å². The first-order valence-electron chi connectivity index (χ1n) is 6.50. The maximum atomic E-state index is 5.75. The van der Waals surface area contributed by atoms with Crippen LogP contribution >= 0.6 is 22.9 Å². The molecule has 6 heteroatoms. The molecule has 3 rings (SSSR count). The van der Waals surface area contributed by atoms with E-state index >= 15 is 0 Å². The van der Waals surface area contributed by atoms with Crippen molar-refractivity contribution in [1.29, 1.82) is 0 Å². The van der Waals surface area contributed by atoms with Gasteiger partial charge in [0.15, 0.2) is 0 Å². The molecule has 102 valence electrons. The molecule has 3 heterocycles. The Kier molecular flexibility index (Phi) is 4.10. The average molecular weight is 295 g/mol. The fraction of sp³-hybridized carbons (Fsp3) is 0.538. The molecule has 2 aromatic rings. The van der Waals surface area contributed by atoms with Crippen molar-refractivity contribution in [2.24, 2.45) is 0 Å². The number of anilines is 1. The predicted octanol–water partition coefficient (Wildman–Crippen LogP) is 3.09. The van der Waals surface area contributed by atoms with Crippen molar-refractivity contribution in [2.45, 2.75) is 32.4 Å². The molecule has 0 amide bonds. The maximum Gasteiger partial charge on any atom is 0.205 e. The summed E-state index contributed by atoms with van der Waals surface area (Å²) >= 11 is 3.26. The summed E-state index contributed by atoms with van der Waals surface area (Å²) in [5.41, 5.74) is 0. The molecule has 4 nitrogen and oxygen atoms in total. The monoisotopic (exact) mass is 295 g/mol. The van der Waals surface area contributed by atoms with Gasteiger partial charge < -0.3 is 9.64 Å². The van der Waals surface area contributed by atoms with Gasteiger partial charge in [-0.25, -0.2) is 4.98 Å². The zero-order valence-corrected chi connectivity index (χ0v) is 12.5. The topological polar surface area (TPSA) is 38.2 Å². The molecule has 0 spiro atoms. The molecule has 1 fully saturated rings. The standard InChI is InChI=1S/C13H17N3OS2/c1-10-14-13(19-15-10)16(8-11-4-2-6-17-11)9-12-5-3-7-18-12/h3,5,7,11H,2,4,6,8-9H2,1H3/t11-/m1/s1. The number of ether oxygens (including phenoxy) is 1. The van der Waals surface area contributed by atoms with Gasteiger partial charge in [-0.2, -0.15) is 4.37 Å². The normalized spacial score (nSPS) is 18.9. The second-order valence-corrected chi connectivity index (χ2v) is 6.48. The summed E-state index contributed by atoms with van der Waals surface area (Å²) < 4.78 is 10.0. The molecule has 1 atom stereocenters. The summed E-state index contributed by atoms with van der Waals surface area (Å²) in [5.74, 6) is 0.850. The number of hydrogen-bond donors (Lipinski definition) is 0. The van der Waals surface area contributed by atoms with E-state index in [1.165, 1.54) is 22.8 Å². The summed E-state index contributed by atoms with van der Waals surface area (Å²) in [6.45, 7) is 4.64. The van der Waals surface area contributed by atoms with E-state index in [4.69, 9.17) is 4.74 Å². The van der Waals surface area contributed by atoms with Crippen LogP contribution in [0.3, 0.4) is 0 Å². The van der Waals surface area contributed by atoms with Crippen LogP contribution in [0.4, 0.5) is 5.13 Å². The van der Waals surface area contributed by atoms with Gasteiger partial charge in [0.1, 0.15) is 5.82 Å². The summed E-state index contributed by atoms with van der Waals surface area (Å²) in [7, 11) is 0. The number of aryl methyl sites for hydroxylation is 1. The highest BCUT2D eigenvalue weighted by molar-refractivity contribution is 7.10. The Morgan fingerprint density at radius 1 is 1.53 bits per heavy atom. The Morgan fingerprint density at radius 2 is 2.47 bits per heavy atom. The van der Waals surface area contributed by atoms with Gasteiger partial charge in [-0.1, -0.05) is 6.07 Å². The Labute approximate surface area is 121 Å². The molecule has 0 unspecified atom stereocenters. The van der Waals surface area contributed by atoms with Crippen LogP contribution in [0.1, 0.15) is 23.5 Å². The van der Waals surface area contributed by atoms with E-state index in [0.29, 0.717) is 6.10 Å². The molecule has 0 N–H and O–H groups in total. The fourth-order valence-electron chi connectivity index (χ4n) is 2.25. The molecular weight excluding hydrogens is 278 g/mol. The predicted molar refractivity (Wildman–Crippen MR) is 79.0 cm³/mol. The summed E-state index contributed by atoms with van der Waals surface area (Å²) in [5, 5.41) is 3.12. The lowest BCUT2D eigenvalue weighted by atomic mass is 10.2. The molecule has 1 aliphatic rings. The lowest BCUT2D eigenvalue weighted by molar-refractivity contribution is 0.115. The third-order valence-corrected chi connectivity index (χ3v) is 4.89. The Bertz CT molecular complexity index is 506. The van der Waals surface area contributed by atoms with Gasteiger partial charge in [0.2, 0.25) is 5.13 Å². The zero-order valence-electron chi connectivity index (χ0n) is 10.9. The molecular formula is C13H17N3OS2. The van der Waals surface area contributed by atoms with Gasteiger partial charge in [0.05, 0.1) is 12.6 Å². The highest BCUT2D eigenvalue weighted by Crippen LogP contribution is 2.24. The summed E-state index contributed by atoms with van der Waals surface area (Å²) in [6, 6.07) is 4.26. The van der Waals surface area contributed by atoms with E-state index in [2.05, 4.69) is 31.8 Å². The molecule has 0 aromatic carbocycles. The van der Waals surface area contributed by atoms with Gasteiger partial charge in [0, 0.05) is 29.6 Å². The van der Waals surface area contributed by atoms with Crippen LogP contribution in [-0.4, -0.2) is 28.6 Å². The van der Waals surface area contributed by atoms with Crippen LogP contribution < -0.4 is 4.90 Å². The van der Waals surface area contributed by atoms with Crippen molar-refractivity contribution in [1.82, 2.24) is 9.36 Å². The van der Waals surface area contributed by atoms with Crippen molar-refractivity contribution in [3.63, 3.8) is 0 Å². The van der Waals surface area contributed by atoms with Gasteiger partial charge in [-0.05, 0) is 31.2 Å². The van der Waals surface area contributed by atoms with E-state index in [1.54, 1.807) is 11.3 Å². The second kappa shape index (κ2) is 5.98. The van der Waals surface area contributed by atoms with Crippen molar-refractivity contribution in [2.75, 3.05) is 18.1 Å². The molecule has 1 saturated heterocycles. The van der Waals surface area contributed by atoms with E-state index < -0.39 is 0 Å². The SMILES string of the molecule is Cc1nsc(N(Cc2cccs2)C[C@H]2CCCO2)n1. The second-order valence-electron chi connectivity index (χ2n) is 4.72. The molecule has 0 aliphatic carbocycles. The highest BCUT2D eigenvalue weighted by atomic mass is 32.1. The lowest BCUT2D eigenvalue weighted by Crippen LogP contribution is -2.31. The van der Waals surface area contributed by atoms with Crippen molar-refractivity contribution >= 4 is 28.0 Å². The number of thiophene rings is 1. The minimum Gasteiger partial charge on any atom is -0.376 e. The first-order chi connectivity index (χ1) is 9.31. The van der Waals surface area contributed by atoms with E-state index in [0.717, 1.165) is 37.1 Å². The maximum absolute atomic E-state index is 5.75. The third kappa shape index (κ3) is 3.32. The molecule has 0 saturated carbocycles. The van der Waals surface area contributed by atoms with Crippen molar-refractivity contribution in [3.8, 4) is 0 Å². The Morgan fingerprint density at radius 3 is 3.11 bits per heavy atom. The van der Waals surface area contributed by atoms with E-state index in [1.807, 2.05) is 6.92 Å². The Balaban J connectivity index is 1.74. The first-order valence-corrected chi connectivity index (χ1v) is 8.16.